The molecule has 0 unspecified atom stereocenters. The van der Waals surface area contributed by atoms with E-state index in [0.717, 1.165) is 44.7 Å². The van der Waals surface area contributed by atoms with Crippen LogP contribution in [-0.2, 0) is 16.6 Å². The summed E-state index contributed by atoms with van der Waals surface area (Å²) in [5.74, 6) is 0.413. The largest absolute Gasteiger partial charge is 0.385 e. The van der Waals surface area contributed by atoms with Gasteiger partial charge in [0.05, 0.1) is 6.54 Å². The number of carbonyl (C=O) groups is 2. The van der Waals surface area contributed by atoms with E-state index >= 15 is 0 Å². The van der Waals surface area contributed by atoms with Crippen LogP contribution in [0.4, 0.5) is 0 Å². The van der Waals surface area contributed by atoms with Gasteiger partial charge in [-0.25, -0.2) is 0 Å². The molecule has 134 valence electrons. The summed E-state index contributed by atoms with van der Waals surface area (Å²) in [5.41, 5.74) is 1.29. The molecule has 7 heteroatoms. The Morgan fingerprint density at radius 2 is 2.04 bits per heavy atom. The quantitative estimate of drug-likeness (QED) is 0.779. The van der Waals surface area contributed by atoms with E-state index in [4.69, 9.17) is 4.74 Å². The summed E-state index contributed by atoms with van der Waals surface area (Å²) in [5, 5.41) is 4.18. The fraction of sp³-hybridized carbons (Fsp3) is 0.706. The van der Waals surface area contributed by atoms with Gasteiger partial charge in [0.25, 0.3) is 5.91 Å². The average Bonchev–Trinajstić information content (AvgIpc) is 2.91. The van der Waals surface area contributed by atoms with E-state index in [9.17, 15) is 9.59 Å². The summed E-state index contributed by atoms with van der Waals surface area (Å²) in [7, 11) is 5.16. The van der Waals surface area contributed by atoms with E-state index in [-0.39, 0.29) is 18.4 Å². The number of rotatable bonds is 6. The van der Waals surface area contributed by atoms with Gasteiger partial charge in [-0.3, -0.25) is 14.3 Å². The highest BCUT2D eigenvalue weighted by Crippen LogP contribution is 2.20. The second kappa shape index (κ2) is 8.28. The molecule has 2 amide bonds. The van der Waals surface area contributed by atoms with Crippen molar-refractivity contribution in [1.82, 2.24) is 19.6 Å². The summed E-state index contributed by atoms with van der Waals surface area (Å²) in [6.45, 7) is 4.29. The summed E-state index contributed by atoms with van der Waals surface area (Å²) >= 11 is 0. The topological polar surface area (TPSA) is 67.7 Å². The molecule has 1 saturated heterocycles. The number of aromatic nitrogens is 2. The molecule has 24 heavy (non-hydrogen) atoms. The summed E-state index contributed by atoms with van der Waals surface area (Å²) in [6, 6.07) is 1.74. The third kappa shape index (κ3) is 4.56. The fourth-order valence-electron chi connectivity index (χ4n) is 2.99. The molecule has 0 saturated carbocycles. The van der Waals surface area contributed by atoms with Crippen LogP contribution in [0, 0.1) is 12.8 Å². The smallest absolute Gasteiger partial charge is 0.274 e. The van der Waals surface area contributed by atoms with Crippen molar-refractivity contribution in [2.75, 3.05) is 40.4 Å². The van der Waals surface area contributed by atoms with Gasteiger partial charge in [0.1, 0.15) is 0 Å². The number of aryl methyl sites for hydroxylation is 2. The predicted molar refractivity (Wildman–Crippen MR) is 90.7 cm³/mol. The normalized spacial score (nSPS) is 15.6. The lowest BCUT2D eigenvalue weighted by atomic mass is 9.94. The number of piperidine rings is 1. The number of likely N-dealkylation sites (N-methyl/N-ethyl adjacent to an activating group) is 1. The standard InChI is InChI=1S/C17H28N4O3/c1-13-11-15(18-20(13)3)17(23)19(2)12-16(22)21-8-5-14(6-9-21)7-10-24-4/h11,14H,5-10,12H2,1-4H3. The minimum Gasteiger partial charge on any atom is -0.385 e. The van der Waals surface area contributed by atoms with Crippen LogP contribution in [0.3, 0.4) is 0 Å². The molecular weight excluding hydrogens is 308 g/mol. The van der Waals surface area contributed by atoms with Crippen molar-refractivity contribution in [2.24, 2.45) is 13.0 Å². The second-order valence-corrected chi connectivity index (χ2v) is 6.56. The van der Waals surface area contributed by atoms with Gasteiger partial charge in [-0.2, -0.15) is 5.10 Å². The average molecular weight is 336 g/mol. The van der Waals surface area contributed by atoms with E-state index in [0.29, 0.717) is 11.6 Å². The lowest BCUT2D eigenvalue weighted by Gasteiger charge is -2.33. The van der Waals surface area contributed by atoms with Gasteiger partial charge < -0.3 is 14.5 Å². The van der Waals surface area contributed by atoms with Crippen molar-refractivity contribution >= 4 is 11.8 Å². The van der Waals surface area contributed by atoms with E-state index in [1.54, 1.807) is 32.0 Å². The number of nitrogens with zero attached hydrogens (tertiary/aromatic N) is 4. The van der Waals surface area contributed by atoms with Crippen molar-refractivity contribution in [2.45, 2.75) is 26.2 Å². The van der Waals surface area contributed by atoms with E-state index < -0.39 is 0 Å². The molecule has 1 fully saturated rings. The maximum absolute atomic E-state index is 12.4. The van der Waals surface area contributed by atoms with Gasteiger partial charge in [-0.15, -0.1) is 0 Å². The van der Waals surface area contributed by atoms with Crippen molar-refractivity contribution in [3.8, 4) is 0 Å². The Kier molecular flexibility index (Phi) is 6.36. The van der Waals surface area contributed by atoms with Crippen LogP contribution in [0.5, 0.6) is 0 Å². The SMILES string of the molecule is COCCC1CCN(C(=O)CN(C)C(=O)c2cc(C)n(C)n2)CC1. The van der Waals surface area contributed by atoms with Crippen LogP contribution >= 0.6 is 0 Å². The fourth-order valence-corrected chi connectivity index (χ4v) is 2.99. The highest BCUT2D eigenvalue weighted by Gasteiger charge is 2.25. The van der Waals surface area contributed by atoms with Gasteiger partial charge in [-0.05, 0) is 38.2 Å². The predicted octanol–water partition coefficient (Wildman–Crippen LogP) is 1.08. The lowest BCUT2D eigenvalue weighted by Crippen LogP contribution is -2.44. The highest BCUT2D eigenvalue weighted by molar-refractivity contribution is 5.94. The van der Waals surface area contributed by atoms with Gasteiger partial charge in [-0.1, -0.05) is 0 Å². The van der Waals surface area contributed by atoms with Gasteiger partial charge in [0.2, 0.25) is 5.91 Å². The van der Waals surface area contributed by atoms with Crippen molar-refractivity contribution in [3.63, 3.8) is 0 Å². The minimum absolute atomic E-state index is 0.00342. The molecule has 0 spiro atoms. The third-order valence-corrected chi connectivity index (χ3v) is 4.75. The molecular formula is C17H28N4O3. The van der Waals surface area contributed by atoms with Crippen molar-refractivity contribution in [3.05, 3.63) is 17.5 Å². The molecule has 0 radical (unpaired) electrons. The lowest BCUT2D eigenvalue weighted by molar-refractivity contribution is -0.133. The number of hydrogen-bond acceptors (Lipinski definition) is 4. The first-order valence-electron chi connectivity index (χ1n) is 8.45. The van der Waals surface area contributed by atoms with Crippen molar-refractivity contribution < 1.29 is 14.3 Å². The van der Waals surface area contributed by atoms with E-state index in [1.165, 1.54) is 4.90 Å². The zero-order valence-corrected chi connectivity index (χ0v) is 15.1. The van der Waals surface area contributed by atoms with Crippen LogP contribution in [0.15, 0.2) is 6.07 Å². The minimum atomic E-state index is -0.220. The van der Waals surface area contributed by atoms with E-state index in [1.807, 2.05) is 11.8 Å². The van der Waals surface area contributed by atoms with Gasteiger partial charge in [0.15, 0.2) is 5.69 Å². The second-order valence-electron chi connectivity index (χ2n) is 6.56. The van der Waals surface area contributed by atoms with Crippen LogP contribution < -0.4 is 0 Å². The maximum atomic E-state index is 12.4. The van der Waals surface area contributed by atoms with Crippen molar-refractivity contribution in [1.29, 1.82) is 0 Å². The monoisotopic (exact) mass is 336 g/mol. The molecule has 0 bridgehead atoms. The highest BCUT2D eigenvalue weighted by atomic mass is 16.5. The molecule has 1 aromatic heterocycles. The van der Waals surface area contributed by atoms with Gasteiger partial charge >= 0.3 is 0 Å². The number of likely N-dealkylation sites (tertiary alicyclic amines) is 1. The zero-order valence-electron chi connectivity index (χ0n) is 15.1. The Morgan fingerprint density at radius 1 is 1.38 bits per heavy atom. The number of hydrogen-bond donors (Lipinski definition) is 0. The molecule has 1 aliphatic heterocycles. The molecule has 0 aromatic carbocycles. The van der Waals surface area contributed by atoms with Crippen LogP contribution in [-0.4, -0.2) is 71.8 Å². The Morgan fingerprint density at radius 3 is 2.58 bits per heavy atom. The first kappa shape index (κ1) is 18.4. The Balaban J connectivity index is 1.82. The molecule has 7 nitrogen and oxygen atoms in total. The molecule has 2 rings (SSSR count). The van der Waals surface area contributed by atoms with Crippen LogP contribution in [0.2, 0.25) is 0 Å². The summed E-state index contributed by atoms with van der Waals surface area (Å²) in [6.07, 6.45) is 3.06. The molecule has 1 aliphatic rings. The number of amides is 2. The summed E-state index contributed by atoms with van der Waals surface area (Å²) in [4.78, 5) is 28.1. The van der Waals surface area contributed by atoms with Crippen LogP contribution in [0.25, 0.3) is 0 Å². The number of carbonyl (C=O) groups excluding carboxylic acids is 2. The zero-order chi connectivity index (χ0) is 17.7. The summed E-state index contributed by atoms with van der Waals surface area (Å²) < 4.78 is 6.78. The first-order valence-corrected chi connectivity index (χ1v) is 8.45. The Bertz CT molecular complexity index is 557. The molecule has 0 aliphatic carbocycles. The maximum Gasteiger partial charge on any atom is 0.274 e. The first-order chi connectivity index (χ1) is 11.4. The molecule has 2 heterocycles. The molecule has 0 N–H and O–H groups in total. The number of ether oxygens (including phenoxy) is 1. The van der Waals surface area contributed by atoms with Gasteiger partial charge in [0, 0.05) is 46.6 Å². The van der Waals surface area contributed by atoms with E-state index in [2.05, 4.69) is 5.10 Å². The third-order valence-electron chi connectivity index (χ3n) is 4.75. The molecule has 1 aromatic rings. The number of methoxy groups -OCH3 is 1. The molecule has 0 atom stereocenters. The Hall–Kier alpha value is -1.89. The Labute approximate surface area is 143 Å². The van der Waals surface area contributed by atoms with Crippen LogP contribution in [0.1, 0.15) is 35.4 Å².